The first-order chi connectivity index (χ1) is 9.75. The second-order valence-corrected chi connectivity index (χ2v) is 4.87. The van der Waals surface area contributed by atoms with E-state index in [4.69, 9.17) is 0 Å². The van der Waals surface area contributed by atoms with E-state index in [1.807, 2.05) is 27.7 Å². The first-order valence-electron chi connectivity index (χ1n) is 6.97. The number of rotatable bonds is 8. The Morgan fingerprint density at radius 1 is 1.35 bits per heavy atom. The number of carbonyl (C=O) groups excluding carboxylic acids is 1. The zero-order valence-electron chi connectivity index (χ0n) is 11.8. The van der Waals surface area contributed by atoms with Crippen LogP contribution in [0.2, 0.25) is 0 Å². The molecule has 1 amide bonds. The highest BCUT2D eigenvalue weighted by atomic mass is 16.1. The summed E-state index contributed by atoms with van der Waals surface area (Å²) in [5, 5.41) is 7.06. The lowest BCUT2D eigenvalue weighted by molar-refractivity contribution is -0.121. The Bertz CT molecular complexity index is 492. The van der Waals surface area contributed by atoms with Crippen LogP contribution in [0.15, 0.2) is 37.2 Å². The van der Waals surface area contributed by atoms with Crippen molar-refractivity contribution in [3.05, 3.63) is 37.2 Å². The molecule has 6 nitrogen and oxygen atoms in total. The third-order valence-electron chi connectivity index (χ3n) is 3.27. The van der Waals surface area contributed by atoms with Crippen LogP contribution in [0.25, 0.3) is 0 Å². The molecule has 2 heterocycles. The van der Waals surface area contributed by atoms with Crippen molar-refractivity contribution in [2.24, 2.45) is 0 Å². The van der Waals surface area contributed by atoms with Gasteiger partial charge < -0.3 is 9.88 Å². The minimum Gasteiger partial charge on any atom is -0.356 e. The van der Waals surface area contributed by atoms with Crippen LogP contribution in [0.3, 0.4) is 0 Å². The lowest BCUT2D eigenvalue weighted by atomic mass is 10.2. The summed E-state index contributed by atoms with van der Waals surface area (Å²) >= 11 is 0. The smallest absolute Gasteiger partial charge is 0.220 e. The molecule has 0 aliphatic rings. The van der Waals surface area contributed by atoms with Crippen LogP contribution in [0, 0.1) is 0 Å². The molecule has 0 bridgehead atoms. The fourth-order valence-corrected chi connectivity index (χ4v) is 2.02. The second-order valence-electron chi connectivity index (χ2n) is 4.87. The van der Waals surface area contributed by atoms with E-state index >= 15 is 0 Å². The average molecular weight is 275 g/mol. The van der Waals surface area contributed by atoms with E-state index in [1.54, 1.807) is 18.7 Å². The van der Waals surface area contributed by atoms with E-state index in [0.29, 0.717) is 19.0 Å². The SMILES string of the molecule is CC(CCNC(=O)CCCn1cccn1)n1ccnc1. The fourth-order valence-electron chi connectivity index (χ4n) is 2.02. The monoisotopic (exact) mass is 275 g/mol. The van der Waals surface area contributed by atoms with Gasteiger partial charge in [0, 0.05) is 50.3 Å². The normalized spacial score (nSPS) is 12.2. The molecule has 0 aromatic carbocycles. The minimum absolute atomic E-state index is 0.106. The van der Waals surface area contributed by atoms with E-state index in [1.165, 1.54) is 0 Å². The summed E-state index contributed by atoms with van der Waals surface area (Å²) in [6, 6.07) is 2.24. The third-order valence-corrected chi connectivity index (χ3v) is 3.27. The Morgan fingerprint density at radius 3 is 2.95 bits per heavy atom. The Kier molecular flexibility index (Phi) is 5.34. The van der Waals surface area contributed by atoms with E-state index in [0.717, 1.165) is 19.4 Å². The van der Waals surface area contributed by atoms with Gasteiger partial charge in [-0.3, -0.25) is 9.48 Å². The van der Waals surface area contributed by atoms with Crippen LogP contribution >= 0.6 is 0 Å². The summed E-state index contributed by atoms with van der Waals surface area (Å²) in [4.78, 5) is 15.7. The standard InChI is InChI=1S/C14H21N5O/c1-13(18-11-8-15-12-18)5-7-16-14(20)4-2-9-19-10-3-6-17-19/h3,6,8,10-13H,2,4-5,7,9H2,1H3,(H,16,20). The molecule has 0 spiro atoms. The molecule has 20 heavy (non-hydrogen) atoms. The van der Waals surface area contributed by atoms with E-state index < -0.39 is 0 Å². The molecular weight excluding hydrogens is 254 g/mol. The number of nitrogens with zero attached hydrogens (tertiary/aromatic N) is 4. The molecule has 108 valence electrons. The summed E-state index contributed by atoms with van der Waals surface area (Å²) in [6.07, 6.45) is 11.4. The van der Waals surface area contributed by atoms with Crippen molar-refractivity contribution in [1.82, 2.24) is 24.6 Å². The van der Waals surface area contributed by atoms with Crippen molar-refractivity contribution >= 4 is 5.91 Å². The van der Waals surface area contributed by atoms with Crippen LogP contribution in [-0.4, -0.2) is 31.8 Å². The Morgan fingerprint density at radius 2 is 2.25 bits per heavy atom. The minimum atomic E-state index is 0.106. The van der Waals surface area contributed by atoms with Crippen LogP contribution in [0.5, 0.6) is 0 Å². The van der Waals surface area contributed by atoms with Crippen molar-refractivity contribution in [1.29, 1.82) is 0 Å². The van der Waals surface area contributed by atoms with Gasteiger partial charge in [0.15, 0.2) is 0 Å². The van der Waals surface area contributed by atoms with E-state index in [2.05, 4.69) is 22.3 Å². The summed E-state index contributed by atoms with van der Waals surface area (Å²) in [5.41, 5.74) is 0. The van der Waals surface area contributed by atoms with Crippen LogP contribution in [0.1, 0.15) is 32.2 Å². The molecule has 0 aliphatic carbocycles. The Labute approximate surface area is 118 Å². The van der Waals surface area contributed by atoms with Gasteiger partial charge in [0.2, 0.25) is 5.91 Å². The predicted molar refractivity (Wildman–Crippen MR) is 76.0 cm³/mol. The number of aryl methyl sites for hydroxylation is 1. The van der Waals surface area contributed by atoms with Crippen molar-refractivity contribution < 1.29 is 4.79 Å². The molecule has 0 aliphatic heterocycles. The largest absolute Gasteiger partial charge is 0.356 e. The lowest BCUT2D eigenvalue weighted by Gasteiger charge is -2.13. The Balaban J connectivity index is 1.56. The fraction of sp³-hybridized carbons (Fsp3) is 0.500. The number of nitrogens with one attached hydrogen (secondary N) is 1. The molecule has 1 unspecified atom stereocenters. The van der Waals surface area contributed by atoms with Crippen LogP contribution < -0.4 is 5.32 Å². The van der Waals surface area contributed by atoms with Gasteiger partial charge in [0.05, 0.1) is 6.33 Å². The van der Waals surface area contributed by atoms with Crippen LogP contribution in [-0.2, 0) is 11.3 Å². The number of aromatic nitrogens is 4. The maximum absolute atomic E-state index is 11.7. The zero-order chi connectivity index (χ0) is 14.2. The number of hydrogen-bond acceptors (Lipinski definition) is 3. The highest BCUT2D eigenvalue weighted by Gasteiger charge is 2.05. The molecule has 1 atom stereocenters. The van der Waals surface area contributed by atoms with Gasteiger partial charge in [-0.1, -0.05) is 0 Å². The topological polar surface area (TPSA) is 64.7 Å². The third kappa shape index (κ3) is 4.53. The molecule has 2 rings (SSSR count). The zero-order valence-corrected chi connectivity index (χ0v) is 11.8. The van der Waals surface area contributed by atoms with Crippen molar-refractivity contribution in [2.45, 2.75) is 38.8 Å². The van der Waals surface area contributed by atoms with Gasteiger partial charge in [0.1, 0.15) is 0 Å². The molecule has 2 aromatic heterocycles. The Hall–Kier alpha value is -2.11. The van der Waals surface area contributed by atoms with E-state index in [-0.39, 0.29) is 5.91 Å². The first kappa shape index (κ1) is 14.3. The molecule has 0 saturated carbocycles. The highest BCUT2D eigenvalue weighted by molar-refractivity contribution is 5.75. The summed E-state index contributed by atoms with van der Waals surface area (Å²) < 4.78 is 3.89. The van der Waals surface area contributed by atoms with Gasteiger partial charge >= 0.3 is 0 Å². The van der Waals surface area contributed by atoms with Gasteiger partial charge in [-0.05, 0) is 25.8 Å². The van der Waals surface area contributed by atoms with Gasteiger partial charge in [-0.25, -0.2) is 4.98 Å². The summed E-state index contributed by atoms with van der Waals surface area (Å²) in [5.74, 6) is 0.106. The van der Waals surface area contributed by atoms with Crippen molar-refractivity contribution in [3.63, 3.8) is 0 Å². The molecule has 0 radical (unpaired) electrons. The molecule has 0 saturated heterocycles. The summed E-state index contributed by atoms with van der Waals surface area (Å²) in [7, 11) is 0. The summed E-state index contributed by atoms with van der Waals surface area (Å²) in [6.45, 7) is 3.59. The number of imidazole rings is 1. The molecule has 6 heteroatoms. The molecule has 0 fully saturated rings. The maximum atomic E-state index is 11.7. The maximum Gasteiger partial charge on any atom is 0.220 e. The van der Waals surface area contributed by atoms with Crippen LogP contribution in [0.4, 0.5) is 0 Å². The lowest BCUT2D eigenvalue weighted by Crippen LogP contribution is -2.26. The van der Waals surface area contributed by atoms with Gasteiger partial charge in [-0.2, -0.15) is 5.10 Å². The predicted octanol–water partition coefficient (Wildman–Crippen LogP) is 1.63. The first-order valence-corrected chi connectivity index (χ1v) is 6.97. The number of carbonyl (C=O) groups is 1. The van der Waals surface area contributed by atoms with Crippen molar-refractivity contribution in [2.75, 3.05) is 6.54 Å². The second kappa shape index (κ2) is 7.47. The quantitative estimate of drug-likeness (QED) is 0.796. The van der Waals surface area contributed by atoms with Gasteiger partial charge in [0.25, 0.3) is 0 Å². The molecule has 2 aromatic rings. The van der Waals surface area contributed by atoms with Gasteiger partial charge in [-0.15, -0.1) is 0 Å². The molecular formula is C14H21N5O. The number of hydrogen-bond donors (Lipinski definition) is 1. The number of amides is 1. The average Bonchev–Trinajstić information content (AvgIpc) is 3.12. The highest BCUT2D eigenvalue weighted by Crippen LogP contribution is 2.08. The van der Waals surface area contributed by atoms with E-state index in [9.17, 15) is 4.79 Å². The molecule has 1 N–H and O–H groups in total. The van der Waals surface area contributed by atoms with Crippen molar-refractivity contribution in [3.8, 4) is 0 Å².